The van der Waals surface area contributed by atoms with Crippen LogP contribution >= 0.6 is 0 Å². The van der Waals surface area contributed by atoms with E-state index >= 15 is 0 Å². The highest BCUT2D eigenvalue weighted by molar-refractivity contribution is 5.14. The van der Waals surface area contributed by atoms with Gasteiger partial charge >= 0.3 is 0 Å². The van der Waals surface area contributed by atoms with Crippen molar-refractivity contribution in [1.82, 2.24) is 0 Å². The molecular weight excluding hydrogens is 136 g/mol. The molecule has 0 aromatic rings. The van der Waals surface area contributed by atoms with E-state index in [1.54, 1.807) is 0 Å². The second-order valence-corrected chi connectivity index (χ2v) is 3.72. The van der Waals surface area contributed by atoms with Gasteiger partial charge in [0.1, 0.15) is 5.60 Å². The molecule has 0 amide bonds. The van der Waals surface area contributed by atoms with Crippen LogP contribution in [0.4, 0.5) is 0 Å². The lowest BCUT2D eigenvalue weighted by atomic mass is 9.91. The molecule has 1 aliphatic carbocycles. The minimum Gasteiger partial charge on any atom is -0.362 e. The Hall–Kier alpha value is -0.300. The molecule has 1 saturated carbocycles. The molecule has 62 valence electrons. The molecule has 2 fully saturated rings. The van der Waals surface area contributed by atoms with E-state index in [4.69, 9.17) is 4.74 Å². The molecule has 0 aromatic heterocycles. The highest BCUT2D eigenvalue weighted by atomic mass is 16.6. The number of rotatable bonds is 1. The van der Waals surface area contributed by atoms with Crippen LogP contribution < -0.4 is 0 Å². The fourth-order valence-corrected chi connectivity index (χ4v) is 2.12. The van der Waals surface area contributed by atoms with Crippen LogP contribution in [-0.4, -0.2) is 11.7 Å². The SMILES string of the molecule is C=C[C@]12CCCCCC[C@H]1O2. The first-order valence-electron chi connectivity index (χ1n) is 4.69. The van der Waals surface area contributed by atoms with Gasteiger partial charge in [0.2, 0.25) is 0 Å². The van der Waals surface area contributed by atoms with E-state index in [-0.39, 0.29) is 5.60 Å². The van der Waals surface area contributed by atoms with Crippen LogP contribution in [0.25, 0.3) is 0 Å². The third kappa shape index (κ3) is 1.22. The number of fused-ring (bicyclic) bond motifs is 1. The molecule has 1 aliphatic heterocycles. The van der Waals surface area contributed by atoms with Crippen LogP contribution in [0.15, 0.2) is 12.7 Å². The lowest BCUT2D eigenvalue weighted by molar-refractivity contribution is 0.316. The molecule has 0 N–H and O–H groups in total. The Bertz CT molecular complexity index is 164. The van der Waals surface area contributed by atoms with E-state index in [0.717, 1.165) is 0 Å². The van der Waals surface area contributed by atoms with E-state index in [1.807, 2.05) is 6.08 Å². The number of ether oxygens (including phenoxy) is 1. The largest absolute Gasteiger partial charge is 0.362 e. The summed E-state index contributed by atoms with van der Waals surface area (Å²) < 4.78 is 5.66. The predicted molar refractivity (Wildman–Crippen MR) is 45.5 cm³/mol. The summed E-state index contributed by atoms with van der Waals surface area (Å²) in [5.74, 6) is 0. The van der Waals surface area contributed by atoms with E-state index in [9.17, 15) is 0 Å². The van der Waals surface area contributed by atoms with Crippen molar-refractivity contribution in [2.75, 3.05) is 0 Å². The Morgan fingerprint density at radius 2 is 2.09 bits per heavy atom. The van der Waals surface area contributed by atoms with Crippen molar-refractivity contribution in [3.05, 3.63) is 12.7 Å². The van der Waals surface area contributed by atoms with Gasteiger partial charge < -0.3 is 4.74 Å². The lowest BCUT2D eigenvalue weighted by Gasteiger charge is -2.10. The average molecular weight is 152 g/mol. The Labute approximate surface area is 68.4 Å². The van der Waals surface area contributed by atoms with Gasteiger partial charge in [0, 0.05) is 0 Å². The molecule has 2 aliphatic rings. The second kappa shape index (κ2) is 2.63. The van der Waals surface area contributed by atoms with Crippen LogP contribution in [0, 0.1) is 0 Å². The van der Waals surface area contributed by atoms with Gasteiger partial charge in [-0.15, -0.1) is 6.58 Å². The quantitative estimate of drug-likeness (QED) is 0.415. The van der Waals surface area contributed by atoms with Gasteiger partial charge in [0.15, 0.2) is 0 Å². The summed E-state index contributed by atoms with van der Waals surface area (Å²) >= 11 is 0. The van der Waals surface area contributed by atoms with Gasteiger partial charge in [-0.3, -0.25) is 0 Å². The Kier molecular flexibility index (Phi) is 1.76. The average Bonchev–Trinajstić information content (AvgIpc) is 2.64. The third-order valence-electron chi connectivity index (χ3n) is 2.98. The molecule has 2 rings (SSSR count). The summed E-state index contributed by atoms with van der Waals surface area (Å²) in [5.41, 5.74) is 0.125. The lowest BCUT2D eigenvalue weighted by Crippen LogP contribution is -2.12. The zero-order valence-corrected chi connectivity index (χ0v) is 7.01. The Balaban J connectivity index is 1.98. The van der Waals surface area contributed by atoms with Gasteiger partial charge in [-0.2, -0.15) is 0 Å². The standard InChI is InChI=1S/C10H16O/c1-2-10-8-6-4-3-5-7-9(10)11-10/h2,9H,1,3-8H2/t9-,10+/m1/s1. The van der Waals surface area contributed by atoms with Crippen molar-refractivity contribution in [3.8, 4) is 0 Å². The summed E-state index contributed by atoms with van der Waals surface area (Å²) in [4.78, 5) is 0. The van der Waals surface area contributed by atoms with Crippen molar-refractivity contribution >= 4 is 0 Å². The number of hydrogen-bond acceptors (Lipinski definition) is 1. The topological polar surface area (TPSA) is 12.5 Å². The number of epoxide rings is 1. The van der Waals surface area contributed by atoms with Gasteiger partial charge in [-0.1, -0.05) is 31.8 Å². The highest BCUT2D eigenvalue weighted by Gasteiger charge is 2.52. The zero-order valence-electron chi connectivity index (χ0n) is 7.01. The Morgan fingerprint density at radius 3 is 2.91 bits per heavy atom. The van der Waals surface area contributed by atoms with E-state index in [2.05, 4.69) is 6.58 Å². The molecule has 2 atom stereocenters. The van der Waals surface area contributed by atoms with Crippen molar-refractivity contribution in [1.29, 1.82) is 0 Å². The summed E-state index contributed by atoms with van der Waals surface area (Å²) in [6.07, 6.45) is 10.5. The van der Waals surface area contributed by atoms with Crippen molar-refractivity contribution in [2.45, 2.75) is 50.2 Å². The van der Waals surface area contributed by atoms with Crippen LogP contribution in [0.5, 0.6) is 0 Å². The molecule has 0 bridgehead atoms. The second-order valence-electron chi connectivity index (χ2n) is 3.72. The summed E-state index contributed by atoms with van der Waals surface area (Å²) in [7, 11) is 0. The first kappa shape index (κ1) is 7.35. The van der Waals surface area contributed by atoms with Crippen LogP contribution in [0.2, 0.25) is 0 Å². The minimum absolute atomic E-state index is 0.125. The smallest absolute Gasteiger partial charge is 0.113 e. The van der Waals surface area contributed by atoms with Gasteiger partial charge in [0.05, 0.1) is 6.10 Å². The van der Waals surface area contributed by atoms with Crippen molar-refractivity contribution < 1.29 is 4.74 Å². The molecule has 11 heavy (non-hydrogen) atoms. The van der Waals surface area contributed by atoms with Crippen LogP contribution in [0.1, 0.15) is 38.5 Å². The third-order valence-corrected chi connectivity index (χ3v) is 2.98. The maximum Gasteiger partial charge on any atom is 0.113 e. The maximum atomic E-state index is 5.66. The molecule has 1 heterocycles. The fraction of sp³-hybridized carbons (Fsp3) is 0.800. The first-order valence-corrected chi connectivity index (χ1v) is 4.69. The molecule has 0 aromatic carbocycles. The normalized spacial score (nSPS) is 43.5. The van der Waals surface area contributed by atoms with E-state index in [1.165, 1.54) is 38.5 Å². The van der Waals surface area contributed by atoms with Gasteiger partial charge in [0.25, 0.3) is 0 Å². The molecular formula is C10H16O. The van der Waals surface area contributed by atoms with Crippen molar-refractivity contribution in [2.24, 2.45) is 0 Å². The molecule has 1 heteroatoms. The molecule has 0 radical (unpaired) electrons. The van der Waals surface area contributed by atoms with Crippen LogP contribution in [0.3, 0.4) is 0 Å². The first-order chi connectivity index (χ1) is 5.37. The molecule has 1 saturated heterocycles. The summed E-state index contributed by atoms with van der Waals surface area (Å²) in [6, 6.07) is 0. The van der Waals surface area contributed by atoms with E-state index in [0.29, 0.717) is 6.10 Å². The fourth-order valence-electron chi connectivity index (χ4n) is 2.12. The summed E-state index contributed by atoms with van der Waals surface area (Å²) in [6.45, 7) is 3.85. The Morgan fingerprint density at radius 1 is 1.27 bits per heavy atom. The van der Waals surface area contributed by atoms with Gasteiger partial charge in [-0.25, -0.2) is 0 Å². The maximum absolute atomic E-state index is 5.66. The predicted octanol–water partition coefficient (Wildman–Crippen LogP) is 2.66. The van der Waals surface area contributed by atoms with Gasteiger partial charge in [-0.05, 0) is 12.8 Å². The molecule has 1 nitrogen and oxygen atoms in total. The van der Waals surface area contributed by atoms with E-state index < -0.39 is 0 Å². The van der Waals surface area contributed by atoms with Crippen molar-refractivity contribution in [3.63, 3.8) is 0 Å². The monoisotopic (exact) mass is 152 g/mol. The minimum atomic E-state index is 0.125. The summed E-state index contributed by atoms with van der Waals surface area (Å²) in [5, 5.41) is 0. The number of hydrogen-bond donors (Lipinski definition) is 0. The highest BCUT2D eigenvalue weighted by Crippen LogP contribution is 2.46. The molecule has 0 spiro atoms. The molecule has 0 unspecified atom stereocenters. The zero-order chi connectivity index (χ0) is 7.73. The van der Waals surface area contributed by atoms with Crippen LogP contribution in [-0.2, 0) is 4.74 Å².